The van der Waals surface area contributed by atoms with Crippen LogP contribution in [0.3, 0.4) is 0 Å². The Hall–Kier alpha value is -3.02. The van der Waals surface area contributed by atoms with Gasteiger partial charge in [0.05, 0.1) is 24.2 Å². The highest BCUT2D eigenvalue weighted by Crippen LogP contribution is 2.40. The number of hydrogen-bond donors (Lipinski definition) is 2. The number of hydrogen-bond acceptors (Lipinski definition) is 3. The van der Waals surface area contributed by atoms with Gasteiger partial charge in [-0.2, -0.15) is 5.10 Å². The summed E-state index contributed by atoms with van der Waals surface area (Å²) in [5, 5.41) is 10.4. The molecule has 1 aliphatic rings. The molecule has 0 spiro atoms. The number of H-pyrrole nitrogens is 1. The van der Waals surface area contributed by atoms with Crippen LogP contribution in [0.5, 0.6) is 0 Å². The van der Waals surface area contributed by atoms with Crippen LogP contribution in [0.15, 0.2) is 59.2 Å². The fourth-order valence-corrected chi connectivity index (χ4v) is 2.97. The third-order valence-corrected chi connectivity index (χ3v) is 4.46. The number of carbonyl (C=O) groups is 1. The van der Waals surface area contributed by atoms with Crippen LogP contribution in [0.25, 0.3) is 11.3 Å². The molecule has 0 saturated heterocycles. The molecule has 0 unspecified atom stereocenters. The van der Waals surface area contributed by atoms with Crippen molar-refractivity contribution >= 4 is 6.03 Å². The van der Waals surface area contributed by atoms with Crippen molar-refractivity contribution in [2.45, 2.75) is 24.9 Å². The maximum absolute atomic E-state index is 12.3. The van der Waals surface area contributed by atoms with Crippen LogP contribution in [-0.2, 0) is 6.54 Å². The van der Waals surface area contributed by atoms with E-state index >= 15 is 0 Å². The van der Waals surface area contributed by atoms with E-state index in [1.807, 2.05) is 48.5 Å². The number of rotatable bonds is 5. The monoisotopic (exact) mass is 336 g/mol. The molecule has 1 aliphatic carbocycles. The van der Waals surface area contributed by atoms with Crippen molar-refractivity contribution in [3.05, 3.63) is 66.2 Å². The van der Waals surface area contributed by atoms with Crippen LogP contribution in [-0.4, -0.2) is 34.2 Å². The number of benzene rings is 1. The first-order chi connectivity index (χ1) is 12.2. The quantitative estimate of drug-likeness (QED) is 0.750. The number of urea groups is 1. The standard InChI is InChI=1S/C19H20N4O2/c1-23(19(24)20-17-11-15(17)18-8-5-9-25-18)12-14-10-16(22-21-14)13-6-3-2-4-7-13/h2-10,15,17H,11-12H2,1H3,(H,20,24)(H,21,22)/t15-,17-/m1/s1. The fraction of sp³-hybridized carbons (Fsp3) is 0.263. The smallest absolute Gasteiger partial charge is 0.317 e. The summed E-state index contributed by atoms with van der Waals surface area (Å²) in [6, 6.07) is 15.8. The summed E-state index contributed by atoms with van der Waals surface area (Å²) in [4.78, 5) is 14.0. The van der Waals surface area contributed by atoms with Gasteiger partial charge in [-0.1, -0.05) is 30.3 Å². The van der Waals surface area contributed by atoms with Crippen molar-refractivity contribution in [1.82, 2.24) is 20.4 Å². The second kappa shape index (κ2) is 6.47. The van der Waals surface area contributed by atoms with Crippen molar-refractivity contribution in [3.63, 3.8) is 0 Å². The van der Waals surface area contributed by atoms with Gasteiger partial charge < -0.3 is 14.6 Å². The number of aromatic nitrogens is 2. The van der Waals surface area contributed by atoms with Gasteiger partial charge in [0.1, 0.15) is 5.76 Å². The Morgan fingerprint density at radius 2 is 2.16 bits per heavy atom. The maximum atomic E-state index is 12.3. The Morgan fingerprint density at radius 3 is 2.92 bits per heavy atom. The van der Waals surface area contributed by atoms with Crippen LogP contribution in [0.1, 0.15) is 23.8 Å². The van der Waals surface area contributed by atoms with Crippen LogP contribution in [0.4, 0.5) is 4.79 Å². The highest BCUT2D eigenvalue weighted by Gasteiger charge is 2.42. The molecule has 6 heteroatoms. The van der Waals surface area contributed by atoms with Crippen molar-refractivity contribution in [2.75, 3.05) is 7.05 Å². The van der Waals surface area contributed by atoms with Gasteiger partial charge in [-0.15, -0.1) is 0 Å². The summed E-state index contributed by atoms with van der Waals surface area (Å²) >= 11 is 0. The molecule has 25 heavy (non-hydrogen) atoms. The van der Waals surface area contributed by atoms with Gasteiger partial charge >= 0.3 is 6.03 Å². The molecule has 2 amide bonds. The third kappa shape index (κ3) is 3.42. The van der Waals surface area contributed by atoms with Crippen LogP contribution < -0.4 is 5.32 Å². The first-order valence-electron chi connectivity index (χ1n) is 8.35. The lowest BCUT2D eigenvalue weighted by molar-refractivity contribution is 0.205. The Morgan fingerprint density at radius 1 is 1.32 bits per heavy atom. The Bertz CT molecular complexity index is 841. The Kier molecular flexibility index (Phi) is 4.01. The molecule has 2 N–H and O–H groups in total. The molecule has 4 rings (SSSR count). The molecule has 128 valence electrons. The van der Waals surface area contributed by atoms with E-state index in [4.69, 9.17) is 4.42 Å². The predicted molar refractivity (Wildman–Crippen MR) is 93.9 cm³/mol. The molecule has 2 heterocycles. The number of aromatic amines is 1. The van der Waals surface area contributed by atoms with Crippen molar-refractivity contribution in [3.8, 4) is 11.3 Å². The molecule has 1 aromatic carbocycles. The summed E-state index contributed by atoms with van der Waals surface area (Å²) < 4.78 is 5.39. The maximum Gasteiger partial charge on any atom is 0.317 e. The van der Waals surface area contributed by atoms with E-state index in [1.54, 1.807) is 18.2 Å². The van der Waals surface area contributed by atoms with Crippen molar-refractivity contribution < 1.29 is 9.21 Å². The second-order valence-corrected chi connectivity index (χ2v) is 6.41. The molecule has 2 aromatic heterocycles. The van der Waals surface area contributed by atoms with Crippen molar-refractivity contribution in [2.24, 2.45) is 0 Å². The molecule has 1 fully saturated rings. The minimum Gasteiger partial charge on any atom is -0.469 e. The summed E-state index contributed by atoms with van der Waals surface area (Å²) in [6.07, 6.45) is 2.59. The topological polar surface area (TPSA) is 74.2 Å². The normalized spacial score (nSPS) is 18.8. The van der Waals surface area contributed by atoms with Gasteiger partial charge in [0.15, 0.2) is 0 Å². The van der Waals surface area contributed by atoms with Gasteiger partial charge in [-0.05, 0) is 24.6 Å². The summed E-state index contributed by atoms with van der Waals surface area (Å²) in [6.45, 7) is 0.476. The number of amides is 2. The molecular weight excluding hydrogens is 316 g/mol. The van der Waals surface area contributed by atoms with E-state index < -0.39 is 0 Å². The fourth-order valence-electron chi connectivity index (χ4n) is 2.97. The van der Waals surface area contributed by atoms with E-state index in [1.165, 1.54) is 0 Å². The molecule has 2 atom stereocenters. The Labute approximate surface area is 145 Å². The first-order valence-corrected chi connectivity index (χ1v) is 8.35. The number of nitrogens with one attached hydrogen (secondary N) is 2. The molecular formula is C19H20N4O2. The minimum absolute atomic E-state index is 0.0880. The SMILES string of the molecule is CN(Cc1cc(-c2ccccc2)n[nH]1)C(=O)N[C@@H]1C[C@H]1c1ccco1. The van der Waals surface area contributed by atoms with E-state index in [0.29, 0.717) is 12.5 Å². The molecule has 0 radical (unpaired) electrons. The zero-order valence-corrected chi connectivity index (χ0v) is 14.0. The van der Waals surface area contributed by atoms with Crippen LogP contribution in [0.2, 0.25) is 0 Å². The van der Waals surface area contributed by atoms with Gasteiger partial charge in [0, 0.05) is 24.6 Å². The largest absolute Gasteiger partial charge is 0.469 e. The summed E-state index contributed by atoms with van der Waals surface area (Å²) in [7, 11) is 1.78. The molecule has 0 bridgehead atoms. The Balaban J connectivity index is 1.32. The lowest BCUT2D eigenvalue weighted by atomic mass is 10.1. The highest BCUT2D eigenvalue weighted by atomic mass is 16.3. The average molecular weight is 336 g/mol. The molecule has 3 aromatic rings. The molecule has 6 nitrogen and oxygen atoms in total. The van der Waals surface area contributed by atoms with Gasteiger partial charge in [-0.25, -0.2) is 4.79 Å². The van der Waals surface area contributed by atoms with Crippen molar-refractivity contribution in [1.29, 1.82) is 0 Å². The van der Waals surface area contributed by atoms with E-state index in [2.05, 4.69) is 15.5 Å². The molecule has 0 aliphatic heterocycles. The lowest BCUT2D eigenvalue weighted by Crippen LogP contribution is -2.38. The van der Waals surface area contributed by atoms with Crippen LogP contribution >= 0.6 is 0 Å². The van der Waals surface area contributed by atoms with Gasteiger partial charge in [-0.3, -0.25) is 5.10 Å². The van der Waals surface area contributed by atoms with E-state index in [-0.39, 0.29) is 12.1 Å². The first kappa shape index (κ1) is 15.5. The third-order valence-electron chi connectivity index (χ3n) is 4.46. The number of nitrogens with zero attached hydrogens (tertiary/aromatic N) is 2. The molecule has 1 saturated carbocycles. The van der Waals surface area contributed by atoms with E-state index in [9.17, 15) is 4.79 Å². The highest BCUT2D eigenvalue weighted by molar-refractivity contribution is 5.75. The summed E-state index contributed by atoms with van der Waals surface area (Å²) in [5.41, 5.74) is 2.83. The lowest BCUT2D eigenvalue weighted by Gasteiger charge is -2.17. The summed E-state index contributed by atoms with van der Waals surface area (Å²) in [5.74, 6) is 1.23. The second-order valence-electron chi connectivity index (χ2n) is 6.41. The van der Waals surface area contributed by atoms with Gasteiger partial charge in [0.25, 0.3) is 0 Å². The minimum atomic E-state index is -0.0880. The predicted octanol–water partition coefficient (Wildman–Crippen LogP) is 3.37. The number of carbonyl (C=O) groups excluding carboxylic acids is 1. The number of furan rings is 1. The van der Waals surface area contributed by atoms with Crippen LogP contribution in [0, 0.1) is 0 Å². The zero-order valence-electron chi connectivity index (χ0n) is 14.0. The average Bonchev–Trinajstić information content (AvgIpc) is 3.05. The van der Waals surface area contributed by atoms with E-state index in [0.717, 1.165) is 29.1 Å². The van der Waals surface area contributed by atoms with Gasteiger partial charge in [0.2, 0.25) is 0 Å². The zero-order chi connectivity index (χ0) is 17.2.